The summed E-state index contributed by atoms with van der Waals surface area (Å²) in [5.41, 5.74) is 1.74. The van der Waals surface area contributed by atoms with E-state index in [-0.39, 0.29) is 34.7 Å². The molecule has 0 unspecified atom stereocenters. The number of ketones is 1. The van der Waals surface area contributed by atoms with E-state index in [1.54, 1.807) is 4.90 Å². The van der Waals surface area contributed by atoms with Crippen molar-refractivity contribution >= 4 is 29.5 Å². The van der Waals surface area contributed by atoms with E-state index < -0.39 is 30.2 Å². The van der Waals surface area contributed by atoms with Crippen molar-refractivity contribution in [2.75, 3.05) is 19.7 Å². The number of fused-ring (bicyclic) bond motifs is 1. The van der Waals surface area contributed by atoms with Gasteiger partial charge in [-0.25, -0.2) is 4.79 Å². The molecule has 3 heterocycles. The first kappa shape index (κ1) is 23.2. The Labute approximate surface area is 206 Å². The normalized spacial score (nSPS) is 14.8. The molecule has 2 aliphatic rings. The molecule has 0 bridgehead atoms. The summed E-state index contributed by atoms with van der Waals surface area (Å²) in [6, 6.07) is 14.7. The van der Waals surface area contributed by atoms with E-state index in [2.05, 4.69) is 4.98 Å². The minimum Gasteiger partial charge on any atom is -0.454 e. The van der Waals surface area contributed by atoms with Crippen molar-refractivity contribution in [3.05, 3.63) is 94.3 Å². The van der Waals surface area contributed by atoms with Crippen LogP contribution in [0.1, 0.15) is 70.3 Å². The van der Waals surface area contributed by atoms with Crippen LogP contribution in [-0.2, 0) is 11.3 Å². The zero-order valence-electron chi connectivity index (χ0n) is 19.4. The Balaban J connectivity index is 1.22. The molecule has 2 aliphatic heterocycles. The van der Waals surface area contributed by atoms with Crippen LogP contribution in [0.5, 0.6) is 0 Å². The van der Waals surface area contributed by atoms with E-state index in [0.717, 1.165) is 23.3 Å². The first-order chi connectivity index (χ1) is 17.4. The number of hydrogen-bond acceptors (Lipinski definition) is 6. The largest absolute Gasteiger partial charge is 0.454 e. The van der Waals surface area contributed by atoms with Gasteiger partial charge in [0.1, 0.15) is 5.69 Å². The number of aromatic amines is 1. The van der Waals surface area contributed by atoms with Gasteiger partial charge in [0.15, 0.2) is 6.61 Å². The number of benzene rings is 2. The molecule has 3 aromatic rings. The topological polar surface area (TPSA) is 117 Å². The minimum absolute atomic E-state index is 0.0585. The second-order valence-electron chi connectivity index (χ2n) is 8.74. The van der Waals surface area contributed by atoms with Crippen molar-refractivity contribution in [3.63, 3.8) is 0 Å². The second kappa shape index (κ2) is 9.61. The van der Waals surface area contributed by atoms with Gasteiger partial charge in [0.2, 0.25) is 5.78 Å². The average Bonchev–Trinajstić information content (AvgIpc) is 3.66. The number of likely N-dealkylation sites (tertiary alicyclic amines) is 1. The molecule has 36 heavy (non-hydrogen) atoms. The Morgan fingerprint density at radius 3 is 2.33 bits per heavy atom. The number of aromatic nitrogens is 1. The van der Waals surface area contributed by atoms with Crippen molar-refractivity contribution in [2.45, 2.75) is 19.4 Å². The van der Waals surface area contributed by atoms with Crippen molar-refractivity contribution < 1.29 is 28.7 Å². The third-order valence-electron chi connectivity index (χ3n) is 6.35. The van der Waals surface area contributed by atoms with Crippen molar-refractivity contribution in [1.82, 2.24) is 14.8 Å². The second-order valence-corrected chi connectivity index (χ2v) is 8.74. The van der Waals surface area contributed by atoms with E-state index in [0.29, 0.717) is 18.8 Å². The van der Waals surface area contributed by atoms with E-state index in [1.165, 1.54) is 30.5 Å². The Morgan fingerprint density at radius 2 is 1.58 bits per heavy atom. The zero-order valence-corrected chi connectivity index (χ0v) is 19.4. The van der Waals surface area contributed by atoms with Gasteiger partial charge in [-0.2, -0.15) is 0 Å². The first-order valence-electron chi connectivity index (χ1n) is 11.6. The molecule has 0 atom stereocenters. The van der Waals surface area contributed by atoms with Crippen LogP contribution >= 0.6 is 0 Å². The smallest absolute Gasteiger partial charge is 0.338 e. The van der Waals surface area contributed by atoms with Crippen LogP contribution in [0.25, 0.3) is 0 Å². The number of Topliss-reactive ketones (excluding diaryl/α,β-unsaturated/α-hetero) is 1. The van der Waals surface area contributed by atoms with Crippen molar-refractivity contribution in [1.29, 1.82) is 0 Å². The summed E-state index contributed by atoms with van der Waals surface area (Å²) in [5.74, 6) is -2.35. The molecular formula is C27H23N3O6. The fourth-order valence-electron chi connectivity index (χ4n) is 4.39. The van der Waals surface area contributed by atoms with E-state index in [1.807, 2.05) is 30.3 Å². The van der Waals surface area contributed by atoms with Gasteiger partial charge in [-0.3, -0.25) is 24.1 Å². The van der Waals surface area contributed by atoms with Gasteiger partial charge in [-0.1, -0.05) is 30.3 Å². The summed E-state index contributed by atoms with van der Waals surface area (Å²) in [4.78, 5) is 68.8. The number of ether oxygens (including phenoxy) is 1. The van der Waals surface area contributed by atoms with Crippen LogP contribution in [-0.4, -0.2) is 64.0 Å². The highest BCUT2D eigenvalue weighted by Gasteiger charge is 2.36. The average molecular weight is 485 g/mol. The van der Waals surface area contributed by atoms with Gasteiger partial charge in [-0.05, 0) is 42.7 Å². The Hall–Kier alpha value is -4.53. The number of H-pyrrole nitrogens is 1. The van der Waals surface area contributed by atoms with Crippen LogP contribution in [0.3, 0.4) is 0 Å². The fourth-order valence-corrected chi connectivity index (χ4v) is 4.39. The summed E-state index contributed by atoms with van der Waals surface area (Å²) in [7, 11) is 0. The summed E-state index contributed by atoms with van der Waals surface area (Å²) in [6.45, 7) is 0.980. The molecule has 0 radical (unpaired) electrons. The minimum atomic E-state index is -0.795. The number of carbonyl (C=O) groups is 5. The molecule has 0 saturated carbocycles. The number of amides is 3. The summed E-state index contributed by atoms with van der Waals surface area (Å²) < 4.78 is 5.15. The molecule has 1 saturated heterocycles. The molecule has 5 rings (SSSR count). The standard InChI is InChI=1S/C27H23N3O6/c31-23(19-13-22(28-14-19)26(34)29-10-4-5-11-29)16-36-27(35)18-8-9-20-21(12-18)25(33)30(24(20)32)15-17-6-2-1-3-7-17/h1-3,6-9,12-14,28H,4-5,10-11,15-16H2. The lowest BCUT2D eigenvalue weighted by molar-refractivity contribution is 0.0474. The van der Waals surface area contributed by atoms with Gasteiger partial charge >= 0.3 is 5.97 Å². The van der Waals surface area contributed by atoms with Crippen LogP contribution in [0.15, 0.2) is 60.8 Å². The molecule has 0 spiro atoms. The predicted octanol–water partition coefficient (Wildman–Crippen LogP) is 3.09. The van der Waals surface area contributed by atoms with E-state index in [9.17, 15) is 24.0 Å². The molecule has 1 aromatic heterocycles. The molecular weight excluding hydrogens is 462 g/mol. The van der Waals surface area contributed by atoms with Crippen molar-refractivity contribution in [3.8, 4) is 0 Å². The quantitative estimate of drug-likeness (QED) is 0.312. The van der Waals surface area contributed by atoms with Crippen LogP contribution in [0.2, 0.25) is 0 Å². The summed E-state index contributed by atoms with van der Waals surface area (Å²) in [6.07, 6.45) is 3.34. The zero-order chi connectivity index (χ0) is 25.2. The van der Waals surface area contributed by atoms with Crippen LogP contribution < -0.4 is 0 Å². The van der Waals surface area contributed by atoms with Gasteiger partial charge in [-0.15, -0.1) is 0 Å². The maximum Gasteiger partial charge on any atom is 0.338 e. The maximum atomic E-state index is 12.9. The highest BCUT2D eigenvalue weighted by Crippen LogP contribution is 2.26. The van der Waals surface area contributed by atoms with Gasteiger partial charge in [0, 0.05) is 24.8 Å². The molecule has 9 nitrogen and oxygen atoms in total. The SMILES string of the molecule is O=C(COC(=O)c1ccc2c(c1)C(=O)N(Cc1ccccc1)C2=O)c1c[nH]c(C(=O)N2CCCC2)c1. The number of imide groups is 1. The lowest BCUT2D eigenvalue weighted by Crippen LogP contribution is -2.29. The Bertz CT molecular complexity index is 1370. The lowest BCUT2D eigenvalue weighted by Gasteiger charge is -2.13. The predicted molar refractivity (Wildman–Crippen MR) is 128 cm³/mol. The van der Waals surface area contributed by atoms with E-state index >= 15 is 0 Å². The molecule has 9 heteroatoms. The number of hydrogen-bond donors (Lipinski definition) is 1. The van der Waals surface area contributed by atoms with Gasteiger partial charge in [0.05, 0.1) is 23.2 Å². The highest BCUT2D eigenvalue weighted by molar-refractivity contribution is 6.21. The third kappa shape index (κ3) is 4.43. The monoisotopic (exact) mass is 485 g/mol. The summed E-state index contributed by atoms with van der Waals surface area (Å²) >= 11 is 0. The van der Waals surface area contributed by atoms with Crippen LogP contribution in [0.4, 0.5) is 0 Å². The maximum absolute atomic E-state index is 12.9. The van der Waals surface area contributed by atoms with Gasteiger partial charge in [0.25, 0.3) is 17.7 Å². The van der Waals surface area contributed by atoms with E-state index in [4.69, 9.17) is 4.74 Å². The number of nitrogens with zero attached hydrogens (tertiary/aromatic N) is 2. The third-order valence-corrected chi connectivity index (χ3v) is 6.35. The summed E-state index contributed by atoms with van der Waals surface area (Å²) in [5, 5.41) is 0. The highest BCUT2D eigenvalue weighted by atomic mass is 16.5. The molecule has 3 amide bonds. The van der Waals surface area contributed by atoms with Gasteiger partial charge < -0.3 is 14.6 Å². The number of carbonyl (C=O) groups excluding carboxylic acids is 5. The number of rotatable bonds is 7. The molecule has 182 valence electrons. The Morgan fingerprint density at radius 1 is 0.861 bits per heavy atom. The fraction of sp³-hybridized carbons (Fsp3) is 0.222. The number of esters is 1. The lowest BCUT2D eigenvalue weighted by atomic mass is 10.1. The first-order valence-corrected chi connectivity index (χ1v) is 11.6. The molecule has 2 aromatic carbocycles. The molecule has 1 fully saturated rings. The number of nitrogens with one attached hydrogen (secondary N) is 1. The van der Waals surface area contributed by atoms with Crippen LogP contribution in [0, 0.1) is 0 Å². The molecule has 1 N–H and O–H groups in total. The molecule has 0 aliphatic carbocycles. The Kier molecular flexibility index (Phi) is 6.20. The van der Waals surface area contributed by atoms with Crippen molar-refractivity contribution in [2.24, 2.45) is 0 Å².